The van der Waals surface area contributed by atoms with Crippen molar-refractivity contribution >= 4 is 5.97 Å². The van der Waals surface area contributed by atoms with Gasteiger partial charge in [-0.1, -0.05) is 80.2 Å². The molecule has 0 bridgehead atoms. The summed E-state index contributed by atoms with van der Waals surface area (Å²) < 4.78 is 11.3. The summed E-state index contributed by atoms with van der Waals surface area (Å²) in [5.41, 5.74) is 3.29. The zero-order valence-corrected chi connectivity index (χ0v) is 16.7. The van der Waals surface area contributed by atoms with Crippen molar-refractivity contribution in [3.05, 3.63) is 96.1 Å². The first-order valence-corrected chi connectivity index (χ1v) is 9.66. The van der Waals surface area contributed by atoms with Gasteiger partial charge in [0, 0.05) is 11.1 Å². The maximum atomic E-state index is 12.7. The van der Waals surface area contributed by atoms with Crippen LogP contribution in [0, 0.1) is 11.3 Å². The van der Waals surface area contributed by atoms with Gasteiger partial charge < -0.3 is 9.47 Å². The third-order valence-corrected chi connectivity index (χ3v) is 4.52. The first-order valence-electron chi connectivity index (χ1n) is 9.66. The Kier molecular flexibility index (Phi) is 6.96. The molecule has 0 saturated heterocycles. The molecule has 30 heavy (non-hydrogen) atoms. The summed E-state index contributed by atoms with van der Waals surface area (Å²) in [5.74, 6) is -0.463. The summed E-state index contributed by atoms with van der Waals surface area (Å²) in [6, 6.07) is 22.7. The number of pyridine rings is 1. The van der Waals surface area contributed by atoms with Crippen LogP contribution < -0.4 is 4.74 Å². The van der Waals surface area contributed by atoms with Crippen molar-refractivity contribution in [3.8, 4) is 23.2 Å². The van der Waals surface area contributed by atoms with Crippen LogP contribution in [-0.4, -0.2) is 17.6 Å². The molecule has 5 heteroatoms. The van der Waals surface area contributed by atoms with Crippen LogP contribution in [0.15, 0.2) is 79.4 Å². The molecule has 150 valence electrons. The quantitative estimate of drug-likeness (QED) is 0.393. The lowest BCUT2D eigenvalue weighted by Gasteiger charge is -2.19. The number of nitriles is 1. The second-order valence-electron chi connectivity index (χ2n) is 6.51. The Morgan fingerprint density at radius 3 is 2.43 bits per heavy atom. The SMILES string of the molecule is C=CCOC(=O)[C@H](Oc1nc(-c2ccccc2)cc(CC)c1C#N)c1ccccc1. The van der Waals surface area contributed by atoms with Gasteiger partial charge in [-0.3, -0.25) is 0 Å². The largest absolute Gasteiger partial charge is 0.458 e. The number of hydrogen-bond donors (Lipinski definition) is 0. The second kappa shape index (κ2) is 10.0. The van der Waals surface area contributed by atoms with Gasteiger partial charge in [-0.2, -0.15) is 5.26 Å². The van der Waals surface area contributed by atoms with Gasteiger partial charge in [-0.15, -0.1) is 0 Å². The molecule has 5 nitrogen and oxygen atoms in total. The molecule has 0 aliphatic rings. The number of rotatable bonds is 8. The molecule has 0 amide bonds. The summed E-state index contributed by atoms with van der Waals surface area (Å²) in [6.07, 6.45) is 1.06. The molecular weight excluding hydrogens is 376 g/mol. The van der Waals surface area contributed by atoms with E-state index in [4.69, 9.17) is 9.47 Å². The van der Waals surface area contributed by atoms with Gasteiger partial charge in [0.1, 0.15) is 18.2 Å². The number of esters is 1. The molecule has 0 spiro atoms. The average molecular weight is 398 g/mol. The molecule has 0 saturated carbocycles. The number of benzene rings is 2. The zero-order chi connectivity index (χ0) is 21.3. The molecular formula is C25H22N2O3. The first-order chi connectivity index (χ1) is 14.7. The fraction of sp³-hybridized carbons (Fsp3) is 0.160. The number of carbonyl (C=O) groups excluding carboxylic acids is 1. The molecule has 0 N–H and O–H groups in total. The molecule has 1 heterocycles. The van der Waals surface area contributed by atoms with Crippen molar-refractivity contribution in [1.82, 2.24) is 4.98 Å². The standard InChI is InChI=1S/C25H22N2O3/c1-3-15-29-25(28)23(20-13-9-6-10-14-20)30-24-21(17-26)18(4-2)16-22(27-24)19-11-7-5-8-12-19/h3,5-14,16,23H,1,4,15H2,2H3/t23-/m1/s1. The summed E-state index contributed by atoms with van der Waals surface area (Å²) in [7, 11) is 0. The highest BCUT2D eigenvalue weighted by Crippen LogP contribution is 2.31. The number of nitrogens with zero attached hydrogens (tertiary/aromatic N) is 2. The fourth-order valence-electron chi connectivity index (χ4n) is 3.02. The second-order valence-corrected chi connectivity index (χ2v) is 6.51. The van der Waals surface area contributed by atoms with Crippen molar-refractivity contribution < 1.29 is 14.3 Å². The highest BCUT2D eigenvalue weighted by Gasteiger charge is 2.27. The number of carbonyl (C=O) groups is 1. The molecule has 0 aliphatic carbocycles. The van der Waals surface area contributed by atoms with E-state index in [1.165, 1.54) is 6.08 Å². The summed E-state index contributed by atoms with van der Waals surface area (Å²) in [5, 5.41) is 9.76. The molecule has 1 atom stereocenters. The van der Waals surface area contributed by atoms with Gasteiger partial charge in [0.15, 0.2) is 0 Å². The van der Waals surface area contributed by atoms with Gasteiger partial charge in [0.25, 0.3) is 0 Å². The van der Waals surface area contributed by atoms with Gasteiger partial charge in [-0.25, -0.2) is 9.78 Å². The van der Waals surface area contributed by atoms with E-state index in [0.29, 0.717) is 23.2 Å². The molecule has 0 aliphatic heterocycles. The predicted octanol–water partition coefficient (Wildman–Crippen LogP) is 5.03. The maximum Gasteiger partial charge on any atom is 0.352 e. The molecule has 3 rings (SSSR count). The van der Waals surface area contributed by atoms with Crippen LogP contribution in [0.2, 0.25) is 0 Å². The first kappa shape index (κ1) is 20.8. The summed E-state index contributed by atoms with van der Waals surface area (Å²) in [6.45, 7) is 5.59. The third kappa shape index (κ3) is 4.73. The highest BCUT2D eigenvalue weighted by molar-refractivity contribution is 5.77. The summed E-state index contributed by atoms with van der Waals surface area (Å²) in [4.78, 5) is 17.3. The lowest BCUT2D eigenvalue weighted by Crippen LogP contribution is -2.22. The molecule has 0 fully saturated rings. The smallest absolute Gasteiger partial charge is 0.352 e. The number of aromatic nitrogens is 1. The summed E-state index contributed by atoms with van der Waals surface area (Å²) >= 11 is 0. The van der Waals surface area contributed by atoms with Gasteiger partial charge >= 0.3 is 5.97 Å². The van der Waals surface area contributed by atoms with Crippen LogP contribution in [0.1, 0.15) is 29.7 Å². The van der Waals surface area contributed by atoms with Crippen molar-refractivity contribution in [1.29, 1.82) is 5.26 Å². The van der Waals surface area contributed by atoms with E-state index in [1.54, 1.807) is 12.1 Å². The van der Waals surface area contributed by atoms with Crippen molar-refractivity contribution in [2.45, 2.75) is 19.4 Å². The Morgan fingerprint density at radius 2 is 1.83 bits per heavy atom. The molecule has 2 aromatic carbocycles. The Balaban J connectivity index is 2.08. The Morgan fingerprint density at radius 1 is 1.17 bits per heavy atom. The lowest BCUT2D eigenvalue weighted by atomic mass is 10.0. The molecule has 3 aromatic rings. The normalized spacial score (nSPS) is 11.2. The third-order valence-electron chi connectivity index (χ3n) is 4.52. The number of ether oxygens (including phenoxy) is 2. The van der Waals surface area contributed by atoms with Crippen molar-refractivity contribution in [2.75, 3.05) is 6.61 Å². The Labute approximate surface area is 176 Å². The van der Waals surface area contributed by atoms with Crippen LogP contribution in [0.3, 0.4) is 0 Å². The fourth-order valence-corrected chi connectivity index (χ4v) is 3.02. The minimum Gasteiger partial charge on any atom is -0.458 e. The maximum absolute atomic E-state index is 12.7. The topological polar surface area (TPSA) is 72.2 Å². The van der Waals surface area contributed by atoms with Crippen molar-refractivity contribution in [2.24, 2.45) is 0 Å². The van der Waals surface area contributed by atoms with E-state index in [2.05, 4.69) is 17.6 Å². The van der Waals surface area contributed by atoms with Crippen LogP contribution >= 0.6 is 0 Å². The lowest BCUT2D eigenvalue weighted by molar-refractivity contribution is -0.151. The zero-order valence-electron chi connectivity index (χ0n) is 16.7. The number of hydrogen-bond acceptors (Lipinski definition) is 5. The van der Waals surface area contributed by atoms with Gasteiger partial charge in [-0.05, 0) is 18.1 Å². The van der Waals surface area contributed by atoms with E-state index in [1.807, 2.05) is 61.5 Å². The van der Waals surface area contributed by atoms with Crippen molar-refractivity contribution in [3.63, 3.8) is 0 Å². The molecule has 0 unspecified atom stereocenters. The van der Waals surface area contributed by atoms with Crippen LogP contribution in [0.25, 0.3) is 11.3 Å². The minimum atomic E-state index is -1.05. The van der Waals surface area contributed by atoms with E-state index in [-0.39, 0.29) is 12.5 Å². The molecule has 1 aromatic heterocycles. The average Bonchev–Trinajstić information content (AvgIpc) is 2.81. The predicted molar refractivity (Wildman–Crippen MR) is 115 cm³/mol. The number of aryl methyl sites for hydroxylation is 1. The Hall–Kier alpha value is -3.91. The van der Waals surface area contributed by atoms with Gasteiger partial charge in [0.2, 0.25) is 12.0 Å². The van der Waals surface area contributed by atoms with Crippen LogP contribution in [0.4, 0.5) is 0 Å². The molecule has 0 radical (unpaired) electrons. The Bertz CT molecular complexity index is 1060. The van der Waals surface area contributed by atoms with E-state index >= 15 is 0 Å². The van der Waals surface area contributed by atoms with Gasteiger partial charge in [0.05, 0.1) is 5.69 Å². The van der Waals surface area contributed by atoms with E-state index in [9.17, 15) is 10.1 Å². The monoisotopic (exact) mass is 398 g/mol. The van der Waals surface area contributed by atoms with E-state index < -0.39 is 12.1 Å². The highest BCUT2D eigenvalue weighted by atomic mass is 16.6. The minimum absolute atomic E-state index is 0.0638. The van der Waals surface area contributed by atoms with E-state index in [0.717, 1.165) is 11.1 Å². The van der Waals surface area contributed by atoms with Crippen LogP contribution in [-0.2, 0) is 16.0 Å². The van der Waals surface area contributed by atoms with Crippen LogP contribution in [0.5, 0.6) is 5.88 Å².